The fraction of sp³-hybridized carbons (Fsp3) is 0.250. The Hall–Kier alpha value is -2.79. The molecule has 0 spiro atoms. The van der Waals surface area contributed by atoms with Crippen molar-refractivity contribution in [3.05, 3.63) is 66.5 Å². The minimum atomic E-state index is -0.0427. The zero-order valence-corrected chi connectivity index (χ0v) is 18.2. The number of hydrogen-bond acceptors (Lipinski definition) is 4. The summed E-state index contributed by atoms with van der Waals surface area (Å²) in [4.78, 5) is 10.6. The van der Waals surface area contributed by atoms with Crippen molar-refractivity contribution in [3.63, 3.8) is 0 Å². The summed E-state index contributed by atoms with van der Waals surface area (Å²) >= 11 is 1.73. The average Bonchev–Trinajstić information content (AvgIpc) is 3.12. The molecule has 2 aromatic heterocycles. The van der Waals surface area contributed by atoms with E-state index in [1.807, 2.05) is 16.7 Å². The van der Waals surface area contributed by atoms with Crippen molar-refractivity contribution in [2.24, 2.45) is 0 Å². The van der Waals surface area contributed by atoms with Crippen LogP contribution in [0, 0.1) is 0 Å². The molecule has 0 amide bonds. The van der Waals surface area contributed by atoms with Gasteiger partial charge in [-0.2, -0.15) is 0 Å². The maximum atomic E-state index is 5.91. The summed E-state index contributed by atoms with van der Waals surface area (Å²) in [6, 6.07) is 16.8. The van der Waals surface area contributed by atoms with Gasteiger partial charge >= 0.3 is 0 Å². The van der Waals surface area contributed by atoms with Gasteiger partial charge in [0.2, 0.25) is 5.78 Å². The van der Waals surface area contributed by atoms with Crippen molar-refractivity contribution in [3.8, 4) is 28.3 Å². The third-order valence-corrected chi connectivity index (χ3v) is 5.79. The van der Waals surface area contributed by atoms with Crippen molar-refractivity contribution in [1.29, 1.82) is 0 Å². The number of para-hydroxylation sites is 1. The number of rotatable bonds is 4. The summed E-state index contributed by atoms with van der Waals surface area (Å²) in [5, 5.41) is 0. The smallest absolute Gasteiger partial charge is 0.234 e. The third kappa shape index (κ3) is 3.51. The molecule has 29 heavy (non-hydrogen) atoms. The molecule has 4 rings (SSSR count). The van der Waals surface area contributed by atoms with Crippen molar-refractivity contribution in [1.82, 2.24) is 14.4 Å². The van der Waals surface area contributed by atoms with Gasteiger partial charge in [-0.15, -0.1) is 11.8 Å². The predicted octanol–water partition coefficient (Wildman–Crippen LogP) is 6.09. The number of ether oxygens (including phenoxy) is 1. The van der Waals surface area contributed by atoms with Gasteiger partial charge in [-0.1, -0.05) is 45.0 Å². The Labute approximate surface area is 176 Å². The molecule has 2 aromatic carbocycles. The molecular formula is C24H25N3OS. The SMILES string of the molecule is COc1c(-c2nc3ncccn3c2-c2ccc(SC)cc2)cccc1C(C)(C)C. The molecule has 5 heteroatoms. The topological polar surface area (TPSA) is 39.4 Å². The van der Waals surface area contributed by atoms with Gasteiger partial charge in [0.15, 0.2) is 0 Å². The molecule has 0 radical (unpaired) electrons. The fourth-order valence-corrected chi connectivity index (χ4v) is 4.04. The zero-order valence-electron chi connectivity index (χ0n) is 17.4. The van der Waals surface area contributed by atoms with Crippen LogP contribution >= 0.6 is 11.8 Å². The van der Waals surface area contributed by atoms with Crippen LogP contribution < -0.4 is 4.74 Å². The number of imidazole rings is 1. The van der Waals surface area contributed by atoms with Gasteiger partial charge in [0.05, 0.1) is 12.8 Å². The second-order valence-corrected chi connectivity index (χ2v) is 8.84. The summed E-state index contributed by atoms with van der Waals surface area (Å²) < 4.78 is 7.96. The number of benzene rings is 2. The first-order valence-electron chi connectivity index (χ1n) is 9.59. The minimum absolute atomic E-state index is 0.0427. The van der Waals surface area contributed by atoms with E-state index in [0.29, 0.717) is 5.78 Å². The van der Waals surface area contributed by atoms with E-state index in [1.165, 1.54) is 4.90 Å². The number of thioether (sulfide) groups is 1. The monoisotopic (exact) mass is 403 g/mol. The molecule has 0 aliphatic heterocycles. The first-order chi connectivity index (χ1) is 13.9. The highest BCUT2D eigenvalue weighted by molar-refractivity contribution is 7.98. The number of aromatic nitrogens is 3. The Morgan fingerprint density at radius 1 is 1.00 bits per heavy atom. The van der Waals surface area contributed by atoms with E-state index in [9.17, 15) is 0 Å². The molecule has 0 N–H and O–H groups in total. The normalized spacial score (nSPS) is 11.8. The quantitative estimate of drug-likeness (QED) is 0.387. The Morgan fingerprint density at radius 2 is 1.76 bits per heavy atom. The minimum Gasteiger partial charge on any atom is -0.496 e. The molecule has 0 unspecified atom stereocenters. The molecule has 0 aliphatic carbocycles. The summed E-state index contributed by atoms with van der Waals surface area (Å²) in [7, 11) is 1.73. The van der Waals surface area contributed by atoms with E-state index >= 15 is 0 Å². The lowest BCUT2D eigenvalue weighted by molar-refractivity contribution is 0.399. The summed E-state index contributed by atoms with van der Waals surface area (Å²) in [6.07, 6.45) is 5.87. The highest BCUT2D eigenvalue weighted by Crippen LogP contribution is 2.42. The fourth-order valence-electron chi connectivity index (χ4n) is 3.63. The lowest BCUT2D eigenvalue weighted by Crippen LogP contribution is -2.13. The van der Waals surface area contributed by atoms with Gasteiger partial charge in [0, 0.05) is 34.0 Å². The molecule has 0 saturated carbocycles. The summed E-state index contributed by atoms with van der Waals surface area (Å²) in [5.74, 6) is 1.54. The van der Waals surface area contributed by atoms with Crippen LogP contribution in [0.15, 0.2) is 65.8 Å². The van der Waals surface area contributed by atoms with Gasteiger partial charge in [0.25, 0.3) is 0 Å². The second kappa shape index (κ2) is 7.56. The van der Waals surface area contributed by atoms with Gasteiger partial charge in [-0.25, -0.2) is 9.97 Å². The van der Waals surface area contributed by atoms with Crippen LogP contribution in [0.25, 0.3) is 28.3 Å². The summed E-state index contributed by atoms with van der Waals surface area (Å²) in [6.45, 7) is 6.59. The van der Waals surface area contributed by atoms with Crippen LogP contribution in [0.2, 0.25) is 0 Å². The molecular weight excluding hydrogens is 378 g/mol. The maximum absolute atomic E-state index is 5.91. The molecule has 0 bridgehead atoms. The molecule has 2 heterocycles. The van der Waals surface area contributed by atoms with E-state index < -0.39 is 0 Å². The maximum Gasteiger partial charge on any atom is 0.234 e. The van der Waals surface area contributed by atoms with E-state index in [-0.39, 0.29) is 5.41 Å². The van der Waals surface area contributed by atoms with Crippen LogP contribution in [-0.2, 0) is 5.41 Å². The standard InChI is InChI=1S/C24H25N3OS/c1-24(2,3)19-9-6-8-18(22(19)28-4)20-21(16-10-12-17(29-5)13-11-16)27-15-7-14-25-23(27)26-20/h6-15H,1-5H3. The zero-order chi connectivity index (χ0) is 20.6. The van der Waals surface area contributed by atoms with Crippen LogP contribution in [0.1, 0.15) is 26.3 Å². The largest absolute Gasteiger partial charge is 0.496 e. The first-order valence-corrected chi connectivity index (χ1v) is 10.8. The van der Waals surface area contributed by atoms with Crippen molar-refractivity contribution in [2.75, 3.05) is 13.4 Å². The van der Waals surface area contributed by atoms with Crippen molar-refractivity contribution < 1.29 is 4.74 Å². The Kier molecular flexibility index (Phi) is 5.09. The Morgan fingerprint density at radius 3 is 2.41 bits per heavy atom. The highest BCUT2D eigenvalue weighted by atomic mass is 32.2. The molecule has 0 atom stereocenters. The van der Waals surface area contributed by atoms with Gasteiger partial charge < -0.3 is 4.74 Å². The lowest BCUT2D eigenvalue weighted by atomic mass is 9.84. The van der Waals surface area contributed by atoms with Crippen LogP contribution in [0.3, 0.4) is 0 Å². The molecule has 0 aliphatic rings. The van der Waals surface area contributed by atoms with E-state index in [1.54, 1.807) is 25.1 Å². The molecule has 0 saturated heterocycles. The predicted molar refractivity (Wildman–Crippen MR) is 121 cm³/mol. The van der Waals surface area contributed by atoms with E-state index in [4.69, 9.17) is 9.72 Å². The van der Waals surface area contributed by atoms with E-state index in [0.717, 1.165) is 33.8 Å². The van der Waals surface area contributed by atoms with Crippen LogP contribution in [0.4, 0.5) is 0 Å². The number of methoxy groups -OCH3 is 1. The second-order valence-electron chi connectivity index (χ2n) is 7.96. The molecule has 0 fully saturated rings. The highest BCUT2D eigenvalue weighted by Gasteiger charge is 2.25. The molecule has 4 aromatic rings. The molecule has 4 nitrogen and oxygen atoms in total. The van der Waals surface area contributed by atoms with Crippen LogP contribution in [-0.4, -0.2) is 27.7 Å². The Bertz CT molecular complexity index is 1160. The summed E-state index contributed by atoms with van der Waals surface area (Å²) in [5.41, 5.74) is 5.09. The van der Waals surface area contributed by atoms with Crippen LogP contribution in [0.5, 0.6) is 5.75 Å². The van der Waals surface area contributed by atoms with Gasteiger partial charge in [0.1, 0.15) is 11.4 Å². The molecule has 148 valence electrons. The van der Waals surface area contributed by atoms with Gasteiger partial charge in [-0.3, -0.25) is 4.40 Å². The van der Waals surface area contributed by atoms with Crippen molar-refractivity contribution in [2.45, 2.75) is 31.1 Å². The van der Waals surface area contributed by atoms with Gasteiger partial charge in [-0.05, 0) is 35.9 Å². The van der Waals surface area contributed by atoms with Crippen molar-refractivity contribution >= 4 is 17.5 Å². The Balaban J connectivity index is 2.03. The average molecular weight is 404 g/mol. The number of hydrogen-bond donors (Lipinski definition) is 0. The number of fused-ring (bicyclic) bond motifs is 1. The lowest BCUT2D eigenvalue weighted by Gasteiger charge is -2.23. The third-order valence-electron chi connectivity index (χ3n) is 5.05. The first kappa shape index (κ1) is 19.5. The van der Waals surface area contributed by atoms with E-state index in [2.05, 4.69) is 74.5 Å². The number of nitrogens with zero attached hydrogens (tertiary/aromatic N) is 3.